The van der Waals surface area contributed by atoms with Gasteiger partial charge in [0.25, 0.3) is 0 Å². The summed E-state index contributed by atoms with van der Waals surface area (Å²) in [6, 6.07) is 10.2. The quantitative estimate of drug-likeness (QED) is 0.762. The first-order valence-electron chi connectivity index (χ1n) is 7.17. The molecule has 1 saturated carbocycles. The second-order valence-electron chi connectivity index (χ2n) is 5.72. The normalized spacial score (nSPS) is 15.1. The number of rotatable bonds is 6. The molecule has 0 atom stereocenters. The Hall–Kier alpha value is -1.57. The van der Waals surface area contributed by atoms with E-state index in [1.54, 1.807) is 0 Å². The summed E-state index contributed by atoms with van der Waals surface area (Å²) in [4.78, 5) is 14.2. The third-order valence-electron chi connectivity index (χ3n) is 3.26. The third kappa shape index (κ3) is 4.55. The van der Waals surface area contributed by atoms with Gasteiger partial charge in [0.15, 0.2) is 0 Å². The van der Waals surface area contributed by atoms with Gasteiger partial charge in [-0.15, -0.1) is 0 Å². The molecule has 2 heteroatoms. The van der Waals surface area contributed by atoms with Crippen molar-refractivity contribution in [3.8, 4) is 0 Å². The van der Waals surface area contributed by atoms with E-state index < -0.39 is 0 Å². The van der Waals surface area contributed by atoms with Gasteiger partial charge >= 0.3 is 0 Å². The highest BCUT2D eigenvalue weighted by Crippen LogP contribution is 2.31. The zero-order chi connectivity index (χ0) is 13.7. The van der Waals surface area contributed by atoms with E-state index in [2.05, 4.69) is 38.1 Å². The van der Waals surface area contributed by atoms with Crippen molar-refractivity contribution >= 4 is 12.0 Å². The van der Waals surface area contributed by atoms with Crippen LogP contribution in [0.4, 0.5) is 0 Å². The highest BCUT2D eigenvalue weighted by Gasteiger charge is 2.33. The molecule has 0 heterocycles. The van der Waals surface area contributed by atoms with Crippen molar-refractivity contribution in [2.24, 2.45) is 11.8 Å². The molecule has 0 spiro atoms. The van der Waals surface area contributed by atoms with Crippen LogP contribution >= 0.6 is 0 Å². The molecule has 0 aromatic heterocycles. The number of benzene rings is 1. The molecule has 1 amide bonds. The molecule has 1 aliphatic carbocycles. The summed E-state index contributed by atoms with van der Waals surface area (Å²) in [5, 5.41) is 0. The van der Waals surface area contributed by atoms with Crippen molar-refractivity contribution in [3.63, 3.8) is 0 Å². The minimum absolute atomic E-state index is 0.309. The maximum Gasteiger partial charge on any atom is 0.225 e. The Balaban J connectivity index is 1.92. The van der Waals surface area contributed by atoms with E-state index >= 15 is 0 Å². The fourth-order valence-electron chi connectivity index (χ4n) is 2.16. The van der Waals surface area contributed by atoms with Gasteiger partial charge in [0.1, 0.15) is 0 Å². The Bertz CT molecular complexity index is 432. The van der Waals surface area contributed by atoms with E-state index in [1.807, 2.05) is 23.1 Å². The third-order valence-corrected chi connectivity index (χ3v) is 3.26. The van der Waals surface area contributed by atoms with E-state index in [4.69, 9.17) is 0 Å². The molecular weight excluding hydrogens is 234 g/mol. The van der Waals surface area contributed by atoms with Crippen LogP contribution in [0.2, 0.25) is 0 Å². The van der Waals surface area contributed by atoms with Crippen molar-refractivity contribution < 1.29 is 4.79 Å². The number of hydrogen-bond acceptors (Lipinski definition) is 1. The van der Waals surface area contributed by atoms with Crippen molar-refractivity contribution in [1.82, 2.24) is 4.90 Å². The van der Waals surface area contributed by atoms with Crippen LogP contribution in [-0.4, -0.2) is 23.9 Å². The van der Waals surface area contributed by atoms with Crippen molar-refractivity contribution in [3.05, 3.63) is 42.0 Å². The SMILES string of the molecule is CC(C)CN(CC=Cc1ccccc1)C(=O)C1CC1. The first kappa shape index (κ1) is 13.9. The molecule has 2 nitrogen and oxygen atoms in total. The van der Waals surface area contributed by atoms with E-state index in [1.165, 1.54) is 5.56 Å². The van der Waals surface area contributed by atoms with Crippen LogP contribution in [0, 0.1) is 11.8 Å². The molecule has 1 aromatic carbocycles. The summed E-state index contributed by atoms with van der Waals surface area (Å²) in [5.41, 5.74) is 1.19. The molecule has 0 N–H and O–H groups in total. The number of amides is 1. The van der Waals surface area contributed by atoms with Gasteiger partial charge in [-0.25, -0.2) is 0 Å². The molecular formula is C17H23NO. The van der Waals surface area contributed by atoms with E-state index in [9.17, 15) is 4.79 Å². The highest BCUT2D eigenvalue weighted by atomic mass is 16.2. The second-order valence-corrected chi connectivity index (χ2v) is 5.72. The Morgan fingerprint density at radius 1 is 1.32 bits per heavy atom. The summed E-state index contributed by atoms with van der Waals surface area (Å²) in [7, 11) is 0. The monoisotopic (exact) mass is 257 g/mol. The van der Waals surface area contributed by atoms with E-state index in [0.717, 1.165) is 25.9 Å². The molecule has 0 radical (unpaired) electrons. The minimum atomic E-state index is 0.309. The van der Waals surface area contributed by atoms with Crippen molar-refractivity contribution in [2.45, 2.75) is 26.7 Å². The predicted octanol–water partition coefficient (Wildman–Crippen LogP) is 3.59. The van der Waals surface area contributed by atoms with Crippen LogP contribution < -0.4 is 0 Å². The second kappa shape index (κ2) is 6.55. The number of carbonyl (C=O) groups is 1. The van der Waals surface area contributed by atoms with Gasteiger partial charge in [0.05, 0.1) is 0 Å². The Kier molecular flexibility index (Phi) is 4.78. The Morgan fingerprint density at radius 3 is 2.58 bits per heavy atom. The summed E-state index contributed by atoms with van der Waals surface area (Å²) < 4.78 is 0. The minimum Gasteiger partial charge on any atom is -0.338 e. The predicted molar refractivity (Wildman–Crippen MR) is 79.6 cm³/mol. The van der Waals surface area contributed by atoms with Gasteiger partial charge in [-0.05, 0) is 24.3 Å². The standard InChI is InChI=1S/C17H23NO/c1-14(2)13-18(17(19)16-10-11-16)12-6-9-15-7-4-3-5-8-15/h3-9,14,16H,10-13H2,1-2H3. The molecule has 0 unspecified atom stereocenters. The highest BCUT2D eigenvalue weighted by molar-refractivity contribution is 5.81. The Morgan fingerprint density at radius 2 is 2.00 bits per heavy atom. The van der Waals surface area contributed by atoms with Gasteiger partial charge in [-0.2, -0.15) is 0 Å². The molecule has 1 fully saturated rings. The first-order valence-corrected chi connectivity index (χ1v) is 7.17. The summed E-state index contributed by atoms with van der Waals surface area (Å²) in [5.74, 6) is 1.17. The van der Waals surface area contributed by atoms with Gasteiger partial charge in [-0.1, -0.05) is 56.3 Å². The summed E-state index contributed by atoms with van der Waals surface area (Å²) >= 11 is 0. The van der Waals surface area contributed by atoms with Gasteiger partial charge < -0.3 is 4.90 Å². The summed E-state index contributed by atoms with van der Waals surface area (Å²) in [6.07, 6.45) is 6.34. The lowest BCUT2D eigenvalue weighted by molar-refractivity contribution is -0.132. The molecule has 19 heavy (non-hydrogen) atoms. The lowest BCUT2D eigenvalue weighted by Crippen LogP contribution is -2.35. The van der Waals surface area contributed by atoms with Crippen molar-refractivity contribution in [1.29, 1.82) is 0 Å². The smallest absolute Gasteiger partial charge is 0.225 e. The average molecular weight is 257 g/mol. The average Bonchev–Trinajstić information content (AvgIpc) is 3.22. The maximum atomic E-state index is 12.2. The fourth-order valence-corrected chi connectivity index (χ4v) is 2.16. The molecule has 1 aliphatic rings. The summed E-state index contributed by atoms with van der Waals surface area (Å²) in [6.45, 7) is 5.90. The van der Waals surface area contributed by atoms with Crippen LogP contribution in [0.15, 0.2) is 36.4 Å². The van der Waals surface area contributed by atoms with Crippen LogP contribution in [0.25, 0.3) is 6.08 Å². The van der Waals surface area contributed by atoms with Gasteiger partial charge in [0, 0.05) is 19.0 Å². The van der Waals surface area contributed by atoms with Gasteiger partial charge in [-0.3, -0.25) is 4.79 Å². The molecule has 0 aliphatic heterocycles. The van der Waals surface area contributed by atoms with Crippen LogP contribution in [0.5, 0.6) is 0 Å². The molecule has 0 bridgehead atoms. The zero-order valence-electron chi connectivity index (χ0n) is 11.9. The largest absolute Gasteiger partial charge is 0.338 e. The number of hydrogen-bond donors (Lipinski definition) is 0. The molecule has 0 saturated heterocycles. The number of carbonyl (C=O) groups excluding carboxylic acids is 1. The van der Waals surface area contributed by atoms with E-state index in [-0.39, 0.29) is 0 Å². The van der Waals surface area contributed by atoms with Crippen LogP contribution in [0.3, 0.4) is 0 Å². The number of nitrogens with zero attached hydrogens (tertiary/aromatic N) is 1. The maximum absolute atomic E-state index is 12.2. The lowest BCUT2D eigenvalue weighted by atomic mass is 10.2. The van der Waals surface area contributed by atoms with Gasteiger partial charge in [0.2, 0.25) is 5.91 Å². The topological polar surface area (TPSA) is 20.3 Å². The molecule has 1 aromatic rings. The molecule has 2 rings (SSSR count). The lowest BCUT2D eigenvalue weighted by Gasteiger charge is -2.23. The first-order chi connectivity index (χ1) is 9.16. The van der Waals surface area contributed by atoms with Crippen molar-refractivity contribution in [2.75, 3.05) is 13.1 Å². The van der Waals surface area contributed by atoms with Crippen LogP contribution in [0.1, 0.15) is 32.3 Å². The zero-order valence-corrected chi connectivity index (χ0v) is 11.9. The van der Waals surface area contributed by atoms with Crippen LogP contribution in [-0.2, 0) is 4.79 Å². The Labute approximate surface area is 116 Å². The fraction of sp³-hybridized carbons (Fsp3) is 0.471. The molecule has 102 valence electrons. The van der Waals surface area contributed by atoms with E-state index in [0.29, 0.717) is 17.7 Å².